The normalized spacial score (nSPS) is 33.6. The maximum Gasteiger partial charge on any atom is 0.0775 e. The van der Waals surface area contributed by atoms with Crippen LogP contribution >= 0.6 is 22.6 Å². The standard InChI is InChI=1S/C10H10INOS/c11-7-3-4-9-8(6-7)10-2-1-5-14(10,13)12-9/h3-4,6,10H,1-2,5H2. The summed E-state index contributed by atoms with van der Waals surface area (Å²) in [6.45, 7) is 0. The average molecular weight is 319 g/mol. The molecule has 2 heterocycles. The van der Waals surface area contributed by atoms with Gasteiger partial charge in [0.25, 0.3) is 0 Å². The molecule has 0 bridgehead atoms. The summed E-state index contributed by atoms with van der Waals surface area (Å²) >= 11 is 2.30. The lowest BCUT2D eigenvalue weighted by Crippen LogP contribution is -2.01. The Hall–Kier alpha value is -0.100. The zero-order valence-corrected chi connectivity index (χ0v) is 10.5. The van der Waals surface area contributed by atoms with Crippen molar-refractivity contribution in [1.82, 2.24) is 0 Å². The minimum Gasteiger partial charge on any atom is -0.249 e. The minimum absolute atomic E-state index is 0.229. The number of hydrogen-bond donors (Lipinski definition) is 0. The van der Waals surface area contributed by atoms with Crippen LogP contribution in [0.4, 0.5) is 5.69 Å². The van der Waals surface area contributed by atoms with Gasteiger partial charge in [-0.3, -0.25) is 0 Å². The predicted octanol–water partition coefficient (Wildman–Crippen LogP) is 3.24. The van der Waals surface area contributed by atoms with Crippen LogP contribution in [0, 0.1) is 3.57 Å². The first kappa shape index (κ1) is 9.15. The summed E-state index contributed by atoms with van der Waals surface area (Å²) in [6, 6.07) is 6.18. The molecule has 0 N–H and O–H groups in total. The number of halogens is 1. The monoisotopic (exact) mass is 319 g/mol. The summed E-state index contributed by atoms with van der Waals surface area (Å²) in [5.74, 6) is 0.795. The number of benzene rings is 1. The molecule has 1 fully saturated rings. The first-order valence-electron chi connectivity index (χ1n) is 4.72. The third-order valence-electron chi connectivity index (χ3n) is 2.94. The van der Waals surface area contributed by atoms with Crippen LogP contribution in [0.15, 0.2) is 22.6 Å². The van der Waals surface area contributed by atoms with Crippen LogP contribution in [0.1, 0.15) is 23.7 Å². The van der Waals surface area contributed by atoms with Gasteiger partial charge in [0.2, 0.25) is 0 Å². The Bertz CT molecular complexity index is 517. The Balaban J connectivity index is 2.26. The molecule has 2 nitrogen and oxygen atoms in total. The lowest BCUT2D eigenvalue weighted by molar-refractivity contribution is 0.675. The molecule has 2 unspecified atom stereocenters. The van der Waals surface area contributed by atoms with Gasteiger partial charge in [0, 0.05) is 9.32 Å². The van der Waals surface area contributed by atoms with Crippen LogP contribution in [-0.2, 0) is 9.73 Å². The van der Waals surface area contributed by atoms with Crippen molar-refractivity contribution in [2.75, 3.05) is 5.75 Å². The Kier molecular flexibility index (Phi) is 1.93. The van der Waals surface area contributed by atoms with E-state index >= 15 is 0 Å². The van der Waals surface area contributed by atoms with Gasteiger partial charge >= 0.3 is 0 Å². The largest absolute Gasteiger partial charge is 0.249 e. The molecule has 3 rings (SSSR count). The highest BCUT2D eigenvalue weighted by molar-refractivity contribution is 14.1. The molecule has 74 valence electrons. The second-order valence-corrected chi connectivity index (χ2v) is 7.60. The van der Waals surface area contributed by atoms with Crippen LogP contribution in [0.2, 0.25) is 0 Å². The Morgan fingerprint density at radius 1 is 1.50 bits per heavy atom. The maximum absolute atomic E-state index is 12.3. The van der Waals surface area contributed by atoms with Gasteiger partial charge in [-0.15, -0.1) is 0 Å². The van der Waals surface area contributed by atoms with Crippen LogP contribution in [0.25, 0.3) is 0 Å². The Labute approximate surface area is 97.4 Å². The van der Waals surface area contributed by atoms with E-state index in [9.17, 15) is 4.21 Å². The highest BCUT2D eigenvalue weighted by atomic mass is 127. The van der Waals surface area contributed by atoms with Crippen molar-refractivity contribution >= 4 is 38.0 Å². The van der Waals surface area contributed by atoms with Crippen LogP contribution in [0.5, 0.6) is 0 Å². The second-order valence-electron chi connectivity index (χ2n) is 3.82. The lowest BCUT2D eigenvalue weighted by Gasteiger charge is -2.06. The van der Waals surface area contributed by atoms with Crippen molar-refractivity contribution in [1.29, 1.82) is 0 Å². The zero-order valence-electron chi connectivity index (χ0n) is 7.57. The first-order valence-corrected chi connectivity index (χ1v) is 7.55. The molecule has 0 radical (unpaired) electrons. The summed E-state index contributed by atoms with van der Waals surface area (Å²) in [4.78, 5) is 0. The highest BCUT2D eigenvalue weighted by Crippen LogP contribution is 2.47. The lowest BCUT2D eigenvalue weighted by atomic mass is 10.1. The van der Waals surface area contributed by atoms with E-state index in [0.29, 0.717) is 0 Å². The molecule has 1 aromatic rings. The maximum atomic E-state index is 12.3. The topological polar surface area (TPSA) is 29.4 Å². The molecule has 0 amide bonds. The second kappa shape index (κ2) is 2.95. The molecular weight excluding hydrogens is 309 g/mol. The van der Waals surface area contributed by atoms with Crippen LogP contribution in [0.3, 0.4) is 0 Å². The molecule has 2 atom stereocenters. The van der Waals surface area contributed by atoms with Crippen molar-refractivity contribution in [3.63, 3.8) is 0 Å². The van der Waals surface area contributed by atoms with Gasteiger partial charge in [0.15, 0.2) is 0 Å². The third kappa shape index (κ3) is 1.16. The predicted molar refractivity (Wildman–Crippen MR) is 66.2 cm³/mol. The van der Waals surface area contributed by atoms with E-state index in [4.69, 9.17) is 0 Å². The summed E-state index contributed by atoms with van der Waals surface area (Å²) in [7, 11) is -1.91. The molecule has 2 aliphatic rings. The molecule has 14 heavy (non-hydrogen) atoms. The fourth-order valence-electron chi connectivity index (χ4n) is 2.30. The number of fused-ring (bicyclic) bond motifs is 3. The molecule has 1 saturated heterocycles. The number of rotatable bonds is 0. The van der Waals surface area contributed by atoms with E-state index in [1.165, 1.54) is 9.13 Å². The zero-order chi connectivity index (χ0) is 9.76. The van der Waals surface area contributed by atoms with E-state index in [-0.39, 0.29) is 5.25 Å². The van der Waals surface area contributed by atoms with Gasteiger partial charge in [0.1, 0.15) is 0 Å². The van der Waals surface area contributed by atoms with Gasteiger partial charge < -0.3 is 0 Å². The van der Waals surface area contributed by atoms with Crippen molar-refractivity contribution < 1.29 is 4.21 Å². The molecular formula is C10H10INOS. The van der Waals surface area contributed by atoms with Crippen LogP contribution in [-0.4, -0.2) is 9.96 Å². The van der Waals surface area contributed by atoms with Gasteiger partial charge in [0.05, 0.1) is 20.7 Å². The van der Waals surface area contributed by atoms with Crippen molar-refractivity contribution in [3.8, 4) is 0 Å². The van der Waals surface area contributed by atoms with Crippen molar-refractivity contribution in [3.05, 3.63) is 27.3 Å². The SMILES string of the molecule is O=S12=Nc3ccc(I)cc3C1CCC2. The average Bonchev–Trinajstić information content (AvgIpc) is 2.60. The summed E-state index contributed by atoms with van der Waals surface area (Å²) < 4.78 is 18.0. The van der Waals surface area contributed by atoms with E-state index in [1.807, 2.05) is 12.1 Å². The van der Waals surface area contributed by atoms with Gasteiger partial charge in [-0.25, -0.2) is 4.21 Å². The quantitative estimate of drug-likeness (QED) is 0.675. The molecule has 2 aliphatic heterocycles. The molecule has 4 heteroatoms. The fraction of sp³-hybridized carbons (Fsp3) is 0.400. The highest BCUT2D eigenvalue weighted by Gasteiger charge is 2.37. The molecule has 0 aromatic heterocycles. The van der Waals surface area contributed by atoms with Crippen molar-refractivity contribution in [2.24, 2.45) is 4.36 Å². The van der Waals surface area contributed by atoms with E-state index in [0.717, 1.165) is 24.3 Å². The molecule has 1 aromatic carbocycles. The van der Waals surface area contributed by atoms with Gasteiger partial charge in [-0.1, -0.05) is 0 Å². The minimum atomic E-state index is -1.91. The fourth-order valence-corrected chi connectivity index (χ4v) is 5.52. The van der Waals surface area contributed by atoms with E-state index in [1.54, 1.807) is 0 Å². The summed E-state index contributed by atoms with van der Waals surface area (Å²) in [5.41, 5.74) is 2.19. The van der Waals surface area contributed by atoms with Gasteiger partial charge in [-0.2, -0.15) is 4.36 Å². The molecule has 0 spiro atoms. The third-order valence-corrected chi connectivity index (χ3v) is 6.37. The molecule has 0 saturated carbocycles. The van der Waals surface area contributed by atoms with Crippen molar-refractivity contribution in [2.45, 2.75) is 18.1 Å². The van der Waals surface area contributed by atoms with Crippen LogP contribution < -0.4 is 0 Å². The number of nitrogens with zero attached hydrogens (tertiary/aromatic N) is 1. The van der Waals surface area contributed by atoms with E-state index < -0.39 is 9.73 Å². The first-order chi connectivity index (χ1) is 6.69. The summed E-state index contributed by atoms with van der Waals surface area (Å²) in [6.07, 6.45) is 2.12. The Morgan fingerprint density at radius 3 is 3.21 bits per heavy atom. The van der Waals surface area contributed by atoms with Gasteiger partial charge in [-0.05, 0) is 59.2 Å². The smallest absolute Gasteiger partial charge is 0.0775 e. The Morgan fingerprint density at radius 2 is 2.36 bits per heavy atom. The van der Waals surface area contributed by atoms with E-state index in [2.05, 4.69) is 33.0 Å². The number of hydrogen-bond acceptors (Lipinski definition) is 2. The molecule has 0 aliphatic carbocycles. The summed E-state index contributed by atoms with van der Waals surface area (Å²) in [5, 5.41) is 0.229.